The molecule has 0 radical (unpaired) electrons. The van der Waals surface area contributed by atoms with Crippen molar-refractivity contribution in [3.05, 3.63) is 87.4 Å². The van der Waals surface area contributed by atoms with Crippen molar-refractivity contribution in [3.8, 4) is 11.5 Å². The van der Waals surface area contributed by atoms with Crippen LogP contribution in [0.25, 0.3) is 6.08 Å². The van der Waals surface area contributed by atoms with Crippen molar-refractivity contribution in [2.24, 2.45) is 4.99 Å². The molecule has 0 saturated carbocycles. The van der Waals surface area contributed by atoms with Gasteiger partial charge in [-0.3, -0.25) is 9.36 Å². The van der Waals surface area contributed by atoms with Crippen LogP contribution in [0.1, 0.15) is 44.9 Å². The maximum Gasteiger partial charge on any atom is 0.338 e. The molecular formula is C26H24Br2N2O5S. The number of aromatic nitrogens is 1. The molecule has 36 heavy (non-hydrogen) atoms. The Hall–Kier alpha value is -2.69. The van der Waals surface area contributed by atoms with Crippen LogP contribution in [0.4, 0.5) is 0 Å². The van der Waals surface area contributed by atoms with E-state index in [1.54, 1.807) is 36.6 Å². The van der Waals surface area contributed by atoms with Crippen molar-refractivity contribution in [2.75, 3.05) is 6.61 Å². The van der Waals surface area contributed by atoms with Crippen LogP contribution in [-0.4, -0.2) is 28.4 Å². The fraction of sp³-hybridized carbons (Fsp3) is 0.269. The first-order valence-corrected chi connectivity index (χ1v) is 13.6. The number of nitrogens with zero attached hydrogens (tertiary/aromatic N) is 2. The van der Waals surface area contributed by atoms with Gasteiger partial charge in [-0.2, -0.15) is 0 Å². The highest BCUT2D eigenvalue weighted by atomic mass is 79.9. The monoisotopic (exact) mass is 634 g/mol. The topological polar surface area (TPSA) is 90.1 Å². The van der Waals surface area contributed by atoms with Crippen molar-refractivity contribution in [1.82, 2.24) is 4.57 Å². The first-order chi connectivity index (χ1) is 17.1. The van der Waals surface area contributed by atoms with E-state index in [0.717, 1.165) is 5.56 Å². The smallest absolute Gasteiger partial charge is 0.338 e. The summed E-state index contributed by atoms with van der Waals surface area (Å²) in [5.74, 6) is 0.267. The Kier molecular flexibility index (Phi) is 7.87. The lowest BCUT2D eigenvalue weighted by molar-refractivity contribution is -0.139. The normalized spacial score (nSPS) is 15.6. The van der Waals surface area contributed by atoms with E-state index in [0.29, 0.717) is 40.9 Å². The maximum absolute atomic E-state index is 13.7. The number of hydrogen-bond acceptors (Lipinski definition) is 7. The summed E-state index contributed by atoms with van der Waals surface area (Å²) in [6, 6.07) is 10.1. The molecule has 0 unspecified atom stereocenters. The second kappa shape index (κ2) is 10.7. The number of aromatic hydroxyl groups is 1. The first-order valence-electron chi connectivity index (χ1n) is 11.2. The average molecular weight is 636 g/mol. The van der Waals surface area contributed by atoms with Crippen LogP contribution in [0, 0.1) is 0 Å². The van der Waals surface area contributed by atoms with E-state index < -0.39 is 12.0 Å². The fourth-order valence-corrected chi connectivity index (χ4v) is 6.20. The van der Waals surface area contributed by atoms with Crippen LogP contribution < -0.4 is 19.6 Å². The van der Waals surface area contributed by atoms with Crippen LogP contribution in [0.3, 0.4) is 0 Å². The van der Waals surface area contributed by atoms with Crippen molar-refractivity contribution in [1.29, 1.82) is 0 Å². The van der Waals surface area contributed by atoms with Crippen LogP contribution in [-0.2, 0) is 9.53 Å². The van der Waals surface area contributed by atoms with E-state index in [9.17, 15) is 14.7 Å². The number of fused-ring (bicyclic) bond motifs is 1. The highest BCUT2D eigenvalue weighted by Crippen LogP contribution is 2.34. The molecule has 1 aliphatic heterocycles. The number of allylic oxidation sites excluding steroid dienone is 1. The number of phenolic OH excluding ortho intramolecular Hbond substituents is 1. The Morgan fingerprint density at radius 2 is 1.86 bits per heavy atom. The number of ether oxygens (including phenoxy) is 2. The molecule has 0 spiro atoms. The minimum atomic E-state index is -0.700. The average Bonchev–Trinajstić information content (AvgIpc) is 3.11. The molecule has 2 aromatic carbocycles. The summed E-state index contributed by atoms with van der Waals surface area (Å²) in [5, 5.41) is 10.0. The third-order valence-corrected chi connectivity index (χ3v) is 7.61. The molecule has 0 saturated heterocycles. The fourth-order valence-electron chi connectivity index (χ4n) is 3.93. The highest BCUT2D eigenvalue weighted by molar-refractivity contribution is 9.11. The second-order valence-electron chi connectivity index (χ2n) is 8.37. The Bertz CT molecular complexity index is 1510. The van der Waals surface area contributed by atoms with Gasteiger partial charge in [0.1, 0.15) is 11.5 Å². The molecule has 4 rings (SSSR count). The summed E-state index contributed by atoms with van der Waals surface area (Å²) >= 11 is 7.89. The van der Waals surface area contributed by atoms with Gasteiger partial charge in [0.25, 0.3) is 5.56 Å². The van der Waals surface area contributed by atoms with Gasteiger partial charge in [-0.15, -0.1) is 0 Å². The lowest BCUT2D eigenvalue weighted by Gasteiger charge is -2.25. The lowest BCUT2D eigenvalue weighted by atomic mass is 9.96. The summed E-state index contributed by atoms with van der Waals surface area (Å²) in [4.78, 5) is 31.8. The molecule has 0 aliphatic carbocycles. The third-order valence-electron chi connectivity index (χ3n) is 5.42. The van der Waals surface area contributed by atoms with Gasteiger partial charge in [-0.25, -0.2) is 9.79 Å². The van der Waals surface area contributed by atoms with Gasteiger partial charge in [0.15, 0.2) is 4.80 Å². The van der Waals surface area contributed by atoms with Gasteiger partial charge >= 0.3 is 5.97 Å². The quantitative estimate of drug-likeness (QED) is 0.393. The summed E-state index contributed by atoms with van der Waals surface area (Å²) < 4.78 is 14.1. The van der Waals surface area contributed by atoms with Crippen molar-refractivity contribution < 1.29 is 19.4 Å². The van der Waals surface area contributed by atoms with Gasteiger partial charge in [-0.1, -0.05) is 23.5 Å². The number of thiazole rings is 1. The standard InChI is InChI=1S/C26H24Br2N2O5S/c1-5-34-25(33)21-14(4)29-26-30(22(21)16-6-8-17(9-7-16)35-13(2)3)24(32)20(36-26)12-15-10-18(27)23(31)19(28)11-15/h6-13,22,31H,5H2,1-4H3/b20-12-/t22-/m1/s1. The van der Waals surface area contributed by atoms with Crippen LogP contribution in [0.2, 0.25) is 0 Å². The van der Waals surface area contributed by atoms with Crippen molar-refractivity contribution in [2.45, 2.75) is 39.8 Å². The van der Waals surface area contributed by atoms with Gasteiger partial charge in [0, 0.05) is 0 Å². The van der Waals surface area contributed by atoms with E-state index in [1.807, 2.05) is 38.1 Å². The summed E-state index contributed by atoms with van der Waals surface area (Å²) in [6.45, 7) is 7.59. The molecule has 3 aromatic rings. The molecular weight excluding hydrogens is 612 g/mol. The van der Waals surface area contributed by atoms with E-state index in [-0.39, 0.29) is 24.0 Å². The molecule has 1 aromatic heterocycles. The Balaban J connectivity index is 1.91. The van der Waals surface area contributed by atoms with Gasteiger partial charge in [-0.05, 0) is 101 Å². The Morgan fingerprint density at radius 1 is 1.22 bits per heavy atom. The molecule has 1 atom stereocenters. The second-order valence-corrected chi connectivity index (χ2v) is 11.1. The maximum atomic E-state index is 13.7. The molecule has 2 heterocycles. The van der Waals surface area contributed by atoms with Gasteiger partial charge in [0.2, 0.25) is 0 Å². The zero-order chi connectivity index (χ0) is 26.1. The zero-order valence-corrected chi connectivity index (χ0v) is 24.0. The van der Waals surface area contributed by atoms with Gasteiger partial charge in [0.05, 0.1) is 43.5 Å². The number of benzene rings is 2. The molecule has 7 nitrogen and oxygen atoms in total. The summed E-state index contributed by atoms with van der Waals surface area (Å²) in [6.07, 6.45) is 1.75. The van der Waals surface area contributed by atoms with E-state index in [2.05, 4.69) is 36.9 Å². The highest BCUT2D eigenvalue weighted by Gasteiger charge is 2.33. The number of carbonyl (C=O) groups is 1. The molecule has 10 heteroatoms. The minimum Gasteiger partial charge on any atom is -0.506 e. The Labute approximate surface area is 228 Å². The van der Waals surface area contributed by atoms with Gasteiger partial charge < -0.3 is 14.6 Å². The number of carbonyl (C=O) groups excluding carboxylic acids is 1. The van der Waals surface area contributed by atoms with E-state index in [1.165, 1.54) is 11.3 Å². The third kappa shape index (κ3) is 5.21. The zero-order valence-electron chi connectivity index (χ0n) is 20.0. The molecule has 0 amide bonds. The van der Waals surface area contributed by atoms with Crippen molar-refractivity contribution >= 4 is 55.2 Å². The van der Waals surface area contributed by atoms with Crippen LogP contribution in [0.15, 0.2) is 66.4 Å². The molecule has 0 bridgehead atoms. The van der Waals surface area contributed by atoms with Crippen molar-refractivity contribution in [3.63, 3.8) is 0 Å². The van der Waals surface area contributed by atoms with E-state index >= 15 is 0 Å². The molecule has 1 N–H and O–H groups in total. The number of rotatable bonds is 6. The summed E-state index contributed by atoms with van der Waals surface area (Å²) in [5.41, 5.74) is 2.00. The SMILES string of the molecule is CCOC(=O)C1=C(C)N=c2s/c(=C\c3cc(Br)c(O)c(Br)c3)c(=O)n2[C@@H]1c1ccc(OC(C)C)cc1. The molecule has 1 aliphatic rings. The molecule has 0 fully saturated rings. The summed E-state index contributed by atoms with van der Waals surface area (Å²) in [7, 11) is 0. The number of halogens is 2. The lowest BCUT2D eigenvalue weighted by Crippen LogP contribution is -2.39. The van der Waals surface area contributed by atoms with Crippen LogP contribution in [0.5, 0.6) is 11.5 Å². The van der Waals surface area contributed by atoms with Crippen LogP contribution >= 0.6 is 43.2 Å². The predicted molar refractivity (Wildman–Crippen MR) is 146 cm³/mol. The largest absolute Gasteiger partial charge is 0.506 e. The Morgan fingerprint density at radius 3 is 2.44 bits per heavy atom. The molecule has 188 valence electrons. The number of hydrogen-bond donors (Lipinski definition) is 1. The first kappa shape index (κ1) is 26.4. The predicted octanol–water partition coefficient (Wildman–Crippen LogP) is 4.82. The minimum absolute atomic E-state index is 0.0192. The number of esters is 1. The van der Waals surface area contributed by atoms with E-state index in [4.69, 9.17) is 9.47 Å². The number of phenols is 1.